The van der Waals surface area contributed by atoms with Crippen LogP contribution in [-0.4, -0.2) is 16.2 Å². The lowest BCUT2D eigenvalue weighted by Crippen LogP contribution is -2.15. The lowest BCUT2D eigenvalue weighted by atomic mass is 10.0. The molecule has 1 aliphatic rings. The number of aromatic amines is 1. The molecular weight excluding hydrogens is 198 g/mol. The Morgan fingerprint density at radius 1 is 1.50 bits per heavy atom. The standard InChI is InChI=1S/C13H23N3/c1-3-12-11(8-10-5-6-10)13(16-15-12)7-4-9(2)14/h9-10H,3-8,14H2,1-2H3,(H,15,16). The summed E-state index contributed by atoms with van der Waals surface area (Å²) in [5.74, 6) is 0.928. The fourth-order valence-electron chi connectivity index (χ4n) is 2.17. The van der Waals surface area contributed by atoms with Gasteiger partial charge in [0.15, 0.2) is 0 Å². The van der Waals surface area contributed by atoms with Crippen LogP contribution in [0.4, 0.5) is 0 Å². The highest BCUT2D eigenvalue weighted by Gasteiger charge is 2.25. The molecule has 90 valence electrons. The molecular formula is C13H23N3. The van der Waals surface area contributed by atoms with Crippen LogP contribution < -0.4 is 5.73 Å². The van der Waals surface area contributed by atoms with Gasteiger partial charge in [-0.2, -0.15) is 5.10 Å². The summed E-state index contributed by atoms with van der Waals surface area (Å²) in [5.41, 5.74) is 9.90. The van der Waals surface area contributed by atoms with Gasteiger partial charge in [0.25, 0.3) is 0 Å². The van der Waals surface area contributed by atoms with Crippen LogP contribution in [0.25, 0.3) is 0 Å². The second-order valence-electron chi connectivity index (χ2n) is 5.14. The van der Waals surface area contributed by atoms with Gasteiger partial charge in [0.2, 0.25) is 0 Å². The number of rotatable bonds is 6. The molecule has 0 radical (unpaired) electrons. The summed E-state index contributed by atoms with van der Waals surface area (Å²) in [5, 5.41) is 7.64. The second kappa shape index (κ2) is 5.00. The van der Waals surface area contributed by atoms with Crippen molar-refractivity contribution in [2.75, 3.05) is 0 Å². The number of aryl methyl sites for hydroxylation is 2. The van der Waals surface area contributed by atoms with Crippen LogP contribution in [0.5, 0.6) is 0 Å². The molecule has 0 aromatic carbocycles. The second-order valence-corrected chi connectivity index (χ2v) is 5.14. The molecule has 0 saturated heterocycles. The van der Waals surface area contributed by atoms with Gasteiger partial charge in [-0.05, 0) is 56.9 Å². The Bertz CT molecular complexity index is 337. The average Bonchev–Trinajstić information content (AvgIpc) is 2.96. The van der Waals surface area contributed by atoms with E-state index >= 15 is 0 Å². The number of hydrogen-bond acceptors (Lipinski definition) is 2. The van der Waals surface area contributed by atoms with Gasteiger partial charge in [-0.3, -0.25) is 5.10 Å². The summed E-state index contributed by atoms with van der Waals surface area (Å²) in [6.07, 6.45) is 7.17. The molecule has 1 unspecified atom stereocenters. The number of nitrogens with two attached hydrogens (primary N) is 1. The van der Waals surface area contributed by atoms with Gasteiger partial charge in [0.05, 0.1) is 5.69 Å². The normalized spacial score (nSPS) is 17.7. The van der Waals surface area contributed by atoms with Crippen LogP contribution >= 0.6 is 0 Å². The number of aromatic nitrogens is 2. The summed E-state index contributed by atoms with van der Waals surface area (Å²) < 4.78 is 0. The van der Waals surface area contributed by atoms with Crippen molar-refractivity contribution in [3.05, 3.63) is 17.0 Å². The Morgan fingerprint density at radius 2 is 2.25 bits per heavy atom. The largest absolute Gasteiger partial charge is 0.328 e. The molecule has 0 amide bonds. The highest BCUT2D eigenvalue weighted by atomic mass is 15.1. The van der Waals surface area contributed by atoms with E-state index in [1.165, 1.54) is 36.2 Å². The molecule has 3 nitrogen and oxygen atoms in total. The van der Waals surface area contributed by atoms with Crippen molar-refractivity contribution in [3.63, 3.8) is 0 Å². The molecule has 0 spiro atoms. The Balaban J connectivity index is 2.05. The maximum Gasteiger partial charge on any atom is 0.0654 e. The van der Waals surface area contributed by atoms with Gasteiger partial charge in [0, 0.05) is 11.7 Å². The third-order valence-electron chi connectivity index (χ3n) is 3.41. The summed E-state index contributed by atoms with van der Waals surface area (Å²) in [7, 11) is 0. The van der Waals surface area contributed by atoms with Crippen molar-refractivity contribution >= 4 is 0 Å². The molecule has 1 aromatic heterocycles. The Kier molecular flexibility index (Phi) is 3.64. The van der Waals surface area contributed by atoms with E-state index in [0.29, 0.717) is 0 Å². The quantitative estimate of drug-likeness (QED) is 0.773. The molecule has 2 rings (SSSR count). The van der Waals surface area contributed by atoms with Crippen LogP contribution in [0.2, 0.25) is 0 Å². The molecule has 0 aliphatic heterocycles. The molecule has 1 atom stereocenters. The SMILES string of the molecule is CCc1n[nH]c(CCC(C)N)c1CC1CC1. The van der Waals surface area contributed by atoms with Crippen molar-refractivity contribution in [3.8, 4) is 0 Å². The van der Waals surface area contributed by atoms with Crippen LogP contribution in [0.15, 0.2) is 0 Å². The first-order valence-corrected chi connectivity index (χ1v) is 6.51. The van der Waals surface area contributed by atoms with E-state index < -0.39 is 0 Å². The minimum absolute atomic E-state index is 0.280. The molecule has 1 fully saturated rings. The Morgan fingerprint density at radius 3 is 2.81 bits per heavy atom. The first kappa shape index (κ1) is 11.6. The summed E-state index contributed by atoms with van der Waals surface area (Å²) >= 11 is 0. The summed E-state index contributed by atoms with van der Waals surface area (Å²) in [6, 6.07) is 0.280. The van der Waals surface area contributed by atoms with Gasteiger partial charge >= 0.3 is 0 Å². The first-order chi connectivity index (χ1) is 7.70. The van der Waals surface area contributed by atoms with Crippen molar-refractivity contribution < 1.29 is 0 Å². The fraction of sp³-hybridized carbons (Fsp3) is 0.769. The van der Waals surface area contributed by atoms with E-state index in [4.69, 9.17) is 5.73 Å². The molecule has 1 heterocycles. The highest BCUT2D eigenvalue weighted by molar-refractivity contribution is 5.27. The smallest absolute Gasteiger partial charge is 0.0654 e. The predicted molar refractivity (Wildman–Crippen MR) is 66.4 cm³/mol. The lowest BCUT2D eigenvalue weighted by molar-refractivity contribution is 0.652. The van der Waals surface area contributed by atoms with E-state index in [9.17, 15) is 0 Å². The Labute approximate surface area is 97.8 Å². The molecule has 1 saturated carbocycles. The van der Waals surface area contributed by atoms with Gasteiger partial charge in [0.1, 0.15) is 0 Å². The molecule has 3 heteroatoms. The third kappa shape index (κ3) is 2.85. The van der Waals surface area contributed by atoms with Crippen LogP contribution in [0.1, 0.15) is 50.1 Å². The van der Waals surface area contributed by atoms with Gasteiger partial charge in [-0.25, -0.2) is 0 Å². The zero-order valence-corrected chi connectivity index (χ0v) is 10.4. The highest BCUT2D eigenvalue weighted by Crippen LogP contribution is 2.34. The van der Waals surface area contributed by atoms with Crippen molar-refractivity contribution in [1.82, 2.24) is 10.2 Å². The molecule has 1 aliphatic carbocycles. The Hall–Kier alpha value is -0.830. The molecule has 16 heavy (non-hydrogen) atoms. The minimum atomic E-state index is 0.280. The molecule has 0 bridgehead atoms. The maximum atomic E-state index is 5.81. The summed E-state index contributed by atoms with van der Waals surface area (Å²) in [4.78, 5) is 0. The average molecular weight is 221 g/mol. The van der Waals surface area contributed by atoms with E-state index in [-0.39, 0.29) is 6.04 Å². The molecule has 1 aromatic rings. The van der Waals surface area contributed by atoms with Crippen LogP contribution in [-0.2, 0) is 19.3 Å². The minimum Gasteiger partial charge on any atom is -0.328 e. The topological polar surface area (TPSA) is 54.7 Å². The van der Waals surface area contributed by atoms with Gasteiger partial charge < -0.3 is 5.73 Å². The predicted octanol–water partition coefficient (Wildman–Crippen LogP) is 2.20. The fourth-order valence-corrected chi connectivity index (χ4v) is 2.17. The van der Waals surface area contributed by atoms with E-state index in [1.807, 2.05) is 0 Å². The van der Waals surface area contributed by atoms with Crippen LogP contribution in [0.3, 0.4) is 0 Å². The number of hydrogen-bond donors (Lipinski definition) is 2. The monoisotopic (exact) mass is 221 g/mol. The maximum absolute atomic E-state index is 5.81. The zero-order valence-electron chi connectivity index (χ0n) is 10.4. The van der Waals surface area contributed by atoms with E-state index in [2.05, 4.69) is 24.0 Å². The lowest BCUT2D eigenvalue weighted by Gasteiger charge is -2.06. The zero-order chi connectivity index (χ0) is 11.5. The van der Waals surface area contributed by atoms with Crippen LogP contribution in [0, 0.1) is 5.92 Å². The van der Waals surface area contributed by atoms with Gasteiger partial charge in [-0.1, -0.05) is 6.92 Å². The van der Waals surface area contributed by atoms with E-state index in [0.717, 1.165) is 25.2 Å². The van der Waals surface area contributed by atoms with Crippen molar-refractivity contribution in [1.29, 1.82) is 0 Å². The number of nitrogens with zero attached hydrogens (tertiary/aromatic N) is 1. The van der Waals surface area contributed by atoms with Gasteiger partial charge in [-0.15, -0.1) is 0 Å². The summed E-state index contributed by atoms with van der Waals surface area (Å²) in [6.45, 7) is 4.25. The van der Waals surface area contributed by atoms with Crippen molar-refractivity contribution in [2.24, 2.45) is 11.7 Å². The molecule has 3 N–H and O–H groups in total. The number of H-pyrrole nitrogens is 1. The van der Waals surface area contributed by atoms with Crippen molar-refractivity contribution in [2.45, 2.75) is 58.4 Å². The third-order valence-corrected chi connectivity index (χ3v) is 3.41. The van der Waals surface area contributed by atoms with E-state index in [1.54, 1.807) is 0 Å². The first-order valence-electron chi connectivity index (χ1n) is 6.51. The number of nitrogens with one attached hydrogen (secondary N) is 1.